The number of benzene rings is 9. The highest BCUT2D eigenvalue weighted by Gasteiger charge is 2.51. The van der Waals surface area contributed by atoms with Gasteiger partial charge < -0.3 is 4.90 Å². The lowest BCUT2D eigenvalue weighted by molar-refractivity contribution is -0.00518. The molecule has 2 heteroatoms. The Morgan fingerprint density at radius 3 is 1.56 bits per heavy atom. The van der Waals surface area contributed by atoms with Crippen molar-refractivity contribution in [3.05, 3.63) is 212 Å². The van der Waals surface area contributed by atoms with Crippen molar-refractivity contribution in [1.82, 2.24) is 0 Å². The molecule has 308 valence electrons. The van der Waals surface area contributed by atoms with Gasteiger partial charge in [-0.2, -0.15) is 0 Å². The van der Waals surface area contributed by atoms with Crippen LogP contribution in [0.1, 0.15) is 44.1 Å². The van der Waals surface area contributed by atoms with E-state index in [0.29, 0.717) is 5.41 Å². The molecule has 1 nitrogen and oxygen atoms in total. The SMILES string of the molecule is c1ccc(-c2cccc3cccc(-c4ccc(N(c5ccc(-c6ccc(C78CC9CC(CC(C9)C7)C8)cc6)cc5)c5cccc(-c6ccc7sc8ccccc8c7c6)c5)cc4)c23)cc1. The molecule has 0 amide bonds. The Morgan fingerprint density at radius 1 is 0.375 bits per heavy atom. The fourth-order valence-electron chi connectivity index (χ4n) is 12.7. The molecule has 64 heavy (non-hydrogen) atoms. The van der Waals surface area contributed by atoms with Crippen LogP contribution in [0, 0.1) is 17.8 Å². The lowest BCUT2D eigenvalue weighted by atomic mass is 9.48. The molecule has 4 bridgehead atoms. The number of fused-ring (bicyclic) bond motifs is 4. The summed E-state index contributed by atoms with van der Waals surface area (Å²) in [5, 5.41) is 5.18. The van der Waals surface area contributed by atoms with Crippen LogP contribution in [0.5, 0.6) is 0 Å². The van der Waals surface area contributed by atoms with E-state index in [9.17, 15) is 0 Å². The minimum absolute atomic E-state index is 0.419. The van der Waals surface area contributed by atoms with Crippen LogP contribution in [-0.2, 0) is 5.41 Å². The Labute approximate surface area is 380 Å². The molecule has 0 radical (unpaired) electrons. The van der Waals surface area contributed by atoms with E-state index < -0.39 is 0 Å². The molecule has 9 aromatic carbocycles. The Bertz CT molecular complexity index is 3300. The van der Waals surface area contributed by atoms with Crippen LogP contribution >= 0.6 is 11.3 Å². The first-order chi connectivity index (χ1) is 31.6. The summed E-state index contributed by atoms with van der Waals surface area (Å²) < 4.78 is 2.66. The van der Waals surface area contributed by atoms with Crippen molar-refractivity contribution < 1.29 is 0 Å². The molecule has 4 fully saturated rings. The van der Waals surface area contributed by atoms with Gasteiger partial charge in [-0.3, -0.25) is 0 Å². The zero-order valence-corrected chi connectivity index (χ0v) is 36.8. The summed E-state index contributed by atoms with van der Waals surface area (Å²) in [4.78, 5) is 2.42. The second kappa shape index (κ2) is 15.2. The number of hydrogen-bond donors (Lipinski definition) is 0. The third kappa shape index (κ3) is 6.50. The van der Waals surface area contributed by atoms with Crippen molar-refractivity contribution in [3.63, 3.8) is 0 Å². The first kappa shape index (κ1) is 37.8. The Kier molecular flexibility index (Phi) is 8.98. The third-order valence-corrected chi connectivity index (χ3v) is 16.4. The van der Waals surface area contributed by atoms with Crippen molar-refractivity contribution >= 4 is 59.3 Å². The molecule has 0 spiro atoms. The monoisotopic (exact) mass is 839 g/mol. The average Bonchev–Trinajstić information content (AvgIpc) is 3.72. The zero-order chi connectivity index (χ0) is 42.2. The Hall–Kier alpha value is -6.74. The van der Waals surface area contributed by atoms with Gasteiger partial charge >= 0.3 is 0 Å². The third-order valence-electron chi connectivity index (χ3n) is 15.2. The highest BCUT2D eigenvalue weighted by atomic mass is 32.1. The van der Waals surface area contributed by atoms with Crippen molar-refractivity contribution in [1.29, 1.82) is 0 Å². The van der Waals surface area contributed by atoms with Gasteiger partial charge in [-0.1, -0.05) is 152 Å². The van der Waals surface area contributed by atoms with Crippen LogP contribution in [0.3, 0.4) is 0 Å². The van der Waals surface area contributed by atoms with Gasteiger partial charge in [0.05, 0.1) is 0 Å². The van der Waals surface area contributed by atoms with E-state index in [0.717, 1.165) is 34.8 Å². The van der Waals surface area contributed by atoms with E-state index >= 15 is 0 Å². The normalized spacial score (nSPS) is 20.0. The molecule has 1 heterocycles. The summed E-state index contributed by atoms with van der Waals surface area (Å²) in [6.07, 6.45) is 8.66. The molecule has 0 atom stereocenters. The molecule has 0 unspecified atom stereocenters. The van der Waals surface area contributed by atoms with Crippen LogP contribution in [-0.4, -0.2) is 0 Å². The maximum atomic E-state index is 2.48. The Morgan fingerprint density at radius 2 is 0.891 bits per heavy atom. The summed E-state index contributed by atoms with van der Waals surface area (Å²) in [6.45, 7) is 0. The molecular formula is C62H49NS. The van der Waals surface area contributed by atoms with E-state index in [1.807, 2.05) is 11.3 Å². The van der Waals surface area contributed by atoms with Gasteiger partial charge in [-0.15, -0.1) is 11.3 Å². The zero-order valence-electron chi connectivity index (χ0n) is 36.0. The molecule has 0 saturated heterocycles. The van der Waals surface area contributed by atoms with Crippen LogP contribution in [0.15, 0.2) is 206 Å². The molecular weight excluding hydrogens is 791 g/mol. The van der Waals surface area contributed by atoms with Gasteiger partial charge in [0.2, 0.25) is 0 Å². The van der Waals surface area contributed by atoms with E-state index in [1.165, 1.54) is 114 Å². The molecule has 4 aliphatic carbocycles. The van der Waals surface area contributed by atoms with Gasteiger partial charge in [0.1, 0.15) is 0 Å². The van der Waals surface area contributed by atoms with Crippen LogP contribution in [0.2, 0.25) is 0 Å². The number of thiophene rings is 1. The smallest absolute Gasteiger partial charge is 0.0467 e. The molecule has 4 saturated carbocycles. The first-order valence-corrected chi connectivity index (χ1v) is 24.1. The fourth-order valence-corrected chi connectivity index (χ4v) is 13.8. The van der Waals surface area contributed by atoms with E-state index in [2.05, 4.69) is 211 Å². The minimum atomic E-state index is 0.419. The summed E-state index contributed by atoms with van der Waals surface area (Å²) in [7, 11) is 0. The molecule has 1 aromatic heterocycles. The predicted molar refractivity (Wildman–Crippen MR) is 273 cm³/mol. The summed E-state index contributed by atoms with van der Waals surface area (Å²) in [5.41, 5.74) is 15.3. The second-order valence-electron chi connectivity index (χ2n) is 19.1. The first-order valence-electron chi connectivity index (χ1n) is 23.3. The van der Waals surface area contributed by atoms with Gasteiger partial charge in [-0.25, -0.2) is 0 Å². The number of rotatable bonds is 8. The maximum absolute atomic E-state index is 2.48. The van der Waals surface area contributed by atoms with E-state index in [-0.39, 0.29) is 0 Å². The highest BCUT2D eigenvalue weighted by molar-refractivity contribution is 7.25. The van der Waals surface area contributed by atoms with Crippen molar-refractivity contribution in [2.75, 3.05) is 4.90 Å². The maximum Gasteiger partial charge on any atom is 0.0467 e. The van der Waals surface area contributed by atoms with E-state index in [4.69, 9.17) is 0 Å². The number of anilines is 3. The van der Waals surface area contributed by atoms with Gasteiger partial charge in [0.25, 0.3) is 0 Å². The quantitative estimate of drug-likeness (QED) is 0.147. The van der Waals surface area contributed by atoms with Gasteiger partial charge in [-0.05, 0) is 177 Å². The van der Waals surface area contributed by atoms with Crippen molar-refractivity contribution in [3.8, 4) is 44.5 Å². The highest BCUT2D eigenvalue weighted by Crippen LogP contribution is 2.61. The molecule has 0 N–H and O–H groups in total. The summed E-state index contributed by atoms with van der Waals surface area (Å²) in [5.74, 6) is 2.86. The minimum Gasteiger partial charge on any atom is -0.310 e. The topological polar surface area (TPSA) is 3.24 Å². The van der Waals surface area contributed by atoms with Gasteiger partial charge in [0, 0.05) is 37.2 Å². The largest absolute Gasteiger partial charge is 0.310 e. The second-order valence-corrected chi connectivity index (χ2v) is 20.2. The van der Waals surface area contributed by atoms with Crippen LogP contribution in [0.4, 0.5) is 17.1 Å². The summed E-state index contributed by atoms with van der Waals surface area (Å²) >= 11 is 1.87. The van der Waals surface area contributed by atoms with Crippen LogP contribution < -0.4 is 4.90 Å². The Balaban J connectivity index is 0.877. The lowest BCUT2D eigenvalue weighted by Gasteiger charge is -2.57. The predicted octanol–water partition coefficient (Wildman–Crippen LogP) is 17.8. The van der Waals surface area contributed by atoms with Crippen molar-refractivity contribution in [2.24, 2.45) is 17.8 Å². The van der Waals surface area contributed by atoms with Gasteiger partial charge in [0.15, 0.2) is 0 Å². The van der Waals surface area contributed by atoms with Crippen molar-refractivity contribution in [2.45, 2.75) is 43.9 Å². The summed E-state index contributed by atoms with van der Waals surface area (Å²) in [6, 6.07) is 77.1. The average molecular weight is 840 g/mol. The van der Waals surface area contributed by atoms with E-state index in [1.54, 1.807) is 5.56 Å². The number of nitrogens with zero attached hydrogens (tertiary/aromatic N) is 1. The fraction of sp³-hybridized carbons (Fsp3) is 0.161. The number of hydrogen-bond acceptors (Lipinski definition) is 2. The lowest BCUT2D eigenvalue weighted by Crippen LogP contribution is -2.48. The molecule has 10 aromatic rings. The molecule has 14 rings (SSSR count). The van der Waals surface area contributed by atoms with Crippen LogP contribution in [0.25, 0.3) is 75.5 Å². The standard InChI is InChI=1S/C62H49NS/c1-2-9-46(10-3-1)55-16-7-11-48-12-8-17-56(61(48)55)47-23-30-53(31-24-47)63(54-14-6-13-49(36-54)50-25-32-60-58(37-50)57-15-4-5-18-59(57)64-60)52-28-21-45(22-29-52)44-19-26-51(27-20-44)62-38-41-33-42(39-62)35-43(34-41)40-62/h1-32,36-37,41-43H,33-35,38-40H2. The molecule has 4 aliphatic rings. The molecule has 0 aliphatic heterocycles.